The topological polar surface area (TPSA) is 89.3 Å². The SMILES string of the molecule is CC(C)c1cc(C(=O)NCC(O)COc2cccc(C(F)(F)F)c2)c2cnn(C(C)C)c2n1. The number of halogens is 3. The molecule has 2 N–H and O–H groups in total. The molecule has 3 aromatic rings. The molecule has 1 aromatic carbocycles. The van der Waals surface area contributed by atoms with Crippen LogP contribution >= 0.6 is 0 Å². The zero-order valence-corrected chi connectivity index (χ0v) is 18.8. The molecule has 1 atom stereocenters. The number of pyridine rings is 1. The highest BCUT2D eigenvalue weighted by atomic mass is 19.4. The van der Waals surface area contributed by atoms with Gasteiger partial charge in [-0.25, -0.2) is 9.67 Å². The number of nitrogens with one attached hydrogen (secondary N) is 1. The molecule has 0 aliphatic rings. The number of hydrogen-bond donors (Lipinski definition) is 2. The van der Waals surface area contributed by atoms with Crippen molar-refractivity contribution < 1.29 is 27.8 Å². The van der Waals surface area contributed by atoms with Crippen LogP contribution in [0.5, 0.6) is 5.75 Å². The Bertz CT molecular complexity index is 1130. The summed E-state index contributed by atoms with van der Waals surface area (Å²) in [6.45, 7) is 7.46. The predicted molar refractivity (Wildman–Crippen MR) is 117 cm³/mol. The van der Waals surface area contributed by atoms with Crippen LogP contribution < -0.4 is 10.1 Å². The van der Waals surface area contributed by atoms with Crippen LogP contribution in [0.2, 0.25) is 0 Å². The fraction of sp³-hybridized carbons (Fsp3) is 0.435. The molecule has 0 fully saturated rings. The Hall–Kier alpha value is -3.14. The lowest BCUT2D eigenvalue weighted by atomic mass is 10.0. The van der Waals surface area contributed by atoms with E-state index in [0.29, 0.717) is 16.6 Å². The molecule has 7 nitrogen and oxygen atoms in total. The molecule has 2 heterocycles. The van der Waals surface area contributed by atoms with Crippen molar-refractivity contribution in [1.82, 2.24) is 20.1 Å². The Kier molecular flexibility index (Phi) is 7.26. The molecule has 1 amide bonds. The Balaban J connectivity index is 1.68. The van der Waals surface area contributed by atoms with Gasteiger partial charge in [-0.05, 0) is 44.0 Å². The van der Waals surface area contributed by atoms with E-state index in [4.69, 9.17) is 4.74 Å². The summed E-state index contributed by atoms with van der Waals surface area (Å²) in [5.74, 6) is -0.345. The average Bonchev–Trinajstić information content (AvgIpc) is 3.19. The summed E-state index contributed by atoms with van der Waals surface area (Å²) in [6.07, 6.45) is -4.02. The van der Waals surface area contributed by atoms with Gasteiger partial charge in [0.05, 0.1) is 22.7 Å². The van der Waals surface area contributed by atoms with Crippen molar-refractivity contribution in [2.75, 3.05) is 13.2 Å². The Labute approximate surface area is 189 Å². The lowest BCUT2D eigenvalue weighted by Gasteiger charge is -2.15. The number of nitrogens with zero attached hydrogens (tertiary/aromatic N) is 3. The van der Waals surface area contributed by atoms with E-state index in [1.54, 1.807) is 16.9 Å². The zero-order chi connectivity index (χ0) is 24.3. The molecule has 0 saturated carbocycles. The van der Waals surface area contributed by atoms with Crippen LogP contribution in [-0.2, 0) is 6.18 Å². The molecule has 0 bridgehead atoms. The third-order valence-electron chi connectivity index (χ3n) is 5.01. The lowest BCUT2D eigenvalue weighted by Crippen LogP contribution is -2.35. The number of rotatable bonds is 8. The van der Waals surface area contributed by atoms with Crippen LogP contribution in [0.1, 0.15) is 61.3 Å². The molecule has 2 aromatic heterocycles. The smallest absolute Gasteiger partial charge is 0.416 e. The van der Waals surface area contributed by atoms with Crippen LogP contribution in [-0.4, -0.2) is 45.0 Å². The van der Waals surface area contributed by atoms with Gasteiger partial charge in [0.1, 0.15) is 18.5 Å². The highest BCUT2D eigenvalue weighted by Crippen LogP contribution is 2.31. The number of aliphatic hydroxyl groups excluding tert-OH is 1. The van der Waals surface area contributed by atoms with Gasteiger partial charge >= 0.3 is 6.18 Å². The lowest BCUT2D eigenvalue weighted by molar-refractivity contribution is -0.137. The second-order valence-corrected chi connectivity index (χ2v) is 8.37. The third-order valence-corrected chi connectivity index (χ3v) is 5.01. The highest BCUT2D eigenvalue weighted by Gasteiger charge is 2.30. The summed E-state index contributed by atoms with van der Waals surface area (Å²) in [5, 5.41) is 17.8. The molecule has 10 heteroatoms. The average molecular weight is 464 g/mol. The summed E-state index contributed by atoms with van der Waals surface area (Å²) in [7, 11) is 0. The number of aromatic nitrogens is 3. The van der Waals surface area contributed by atoms with E-state index in [1.165, 1.54) is 12.1 Å². The van der Waals surface area contributed by atoms with Gasteiger partial charge in [-0.15, -0.1) is 0 Å². The van der Waals surface area contributed by atoms with Gasteiger partial charge in [0.15, 0.2) is 5.65 Å². The molecule has 3 rings (SSSR count). The highest BCUT2D eigenvalue weighted by molar-refractivity contribution is 6.05. The van der Waals surface area contributed by atoms with Gasteiger partial charge in [-0.2, -0.15) is 18.3 Å². The predicted octanol–water partition coefficient (Wildman–Crippen LogP) is 4.32. The molecule has 1 unspecified atom stereocenters. The maximum Gasteiger partial charge on any atom is 0.416 e. The Morgan fingerprint density at radius 3 is 2.58 bits per heavy atom. The van der Waals surface area contributed by atoms with Crippen molar-refractivity contribution >= 4 is 16.9 Å². The van der Waals surface area contributed by atoms with Gasteiger partial charge in [0.2, 0.25) is 0 Å². The molecule has 0 saturated heterocycles. The van der Waals surface area contributed by atoms with Crippen LogP contribution in [0.25, 0.3) is 11.0 Å². The van der Waals surface area contributed by atoms with Crippen molar-refractivity contribution in [1.29, 1.82) is 0 Å². The molecular formula is C23H27F3N4O3. The normalized spacial score (nSPS) is 13.0. The minimum absolute atomic E-state index is 0.0197. The fourth-order valence-electron chi connectivity index (χ4n) is 3.22. The maximum absolute atomic E-state index is 12.9. The van der Waals surface area contributed by atoms with E-state index in [-0.39, 0.29) is 30.9 Å². The standard InChI is InChI=1S/C23H27F3N4O3/c1-13(2)20-9-18(19-11-28-30(14(3)4)21(19)29-20)22(32)27-10-16(31)12-33-17-7-5-6-15(8-17)23(24,25)26/h5-9,11,13-14,16,31H,10,12H2,1-4H3,(H,27,32). The number of carbonyl (C=O) groups excluding carboxylic acids is 1. The monoisotopic (exact) mass is 464 g/mol. The van der Waals surface area contributed by atoms with E-state index < -0.39 is 23.8 Å². The number of carbonyl (C=O) groups is 1. The van der Waals surface area contributed by atoms with Crippen molar-refractivity contribution in [3.8, 4) is 5.75 Å². The molecule has 178 valence electrons. The largest absolute Gasteiger partial charge is 0.491 e. The number of hydrogen-bond acceptors (Lipinski definition) is 5. The first kappa shape index (κ1) is 24.5. The number of aliphatic hydroxyl groups is 1. The van der Waals surface area contributed by atoms with Gasteiger partial charge in [0, 0.05) is 18.3 Å². The number of ether oxygens (including phenoxy) is 1. The number of fused-ring (bicyclic) bond motifs is 1. The Morgan fingerprint density at radius 1 is 1.21 bits per heavy atom. The Morgan fingerprint density at radius 2 is 1.94 bits per heavy atom. The fourth-order valence-corrected chi connectivity index (χ4v) is 3.22. The summed E-state index contributed by atoms with van der Waals surface area (Å²) in [5.41, 5.74) is 0.896. The minimum atomic E-state index is -4.49. The van der Waals surface area contributed by atoms with Gasteiger partial charge < -0.3 is 15.2 Å². The van der Waals surface area contributed by atoms with Gasteiger partial charge in [0.25, 0.3) is 5.91 Å². The summed E-state index contributed by atoms with van der Waals surface area (Å²) >= 11 is 0. The number of benzene rings is 1. The van der Waals surface area contributed by atoms with Crippen LogP contribution in [0.4, 0.5) is 13.2 Å². The first-order valence-corrected chi connectivity index (χ1v) is 10.6. The summed E-state index contributed by atoms with van der Waals surface area (Å²) in [6, 6.07) is 6.16. The summed E-state index contributed by atoms with van der Waals surface area (Å²) < 4.78 is 45.4. The zero-order valence-electron chi connectivity index (χ0n) is 18.8. The van der Waals surface area contributed by atoms with Gasteiger partial charge in [-0.1, -0.05) is 19.9 Å². The minimum Gasteiger partial charge on any atom is -0.491 e. The first-order valence-electron chi connectivity index (χ1n) is 10.6. The van der Waals surface area contributed by atoms with E-state index in [1.807, 2.05) is 27.7 Å². The van der Waals surface area contributed by atoms with E-state index >= 15 is 0 Å². The molecule has 0 aliphatic carbocycles. The molecular weight excluding hydrogens is 437 g/mol. The second kappa shape index (κ2) is 9.78. The quantitative estimate of drug-likeness (QED) is 0.518. The van der Waals surface area contributed by atoms with E-state index in [0.717, 1.165) is 17.8 Å². The molecule has 33 heavy (non-hydrogen) atoms. The van der Waals surface area contributed by atoms with Crippen molar-refractivity contribution in [3.05, 3.63) is 53.3 Å². The molecule has 0 spiro atoms. The molecule has 0 radical (unpaired) electrons. The van der Waals surface area contributed by atoms with Crippen LogP contribution in [0.3, 0.4) is 0 Å². The van der Waals surface area contributed by atoms with Gasteiger partial charge in [-0.3, -0.25) is 4.79 Å². The van der Waals surface area contributed by atoms with Crippen LogP contribution in [0.15, 0.2) is 36.5 Å². The molecule has 0 aliphatic heterocycles. The number of alkyl halides is 3. The third kappa shape index (κ3) is 5.81. The number of amides is 1. The van der Waals surface area contributed by atoms with Crippen molar-refractivity contribution in [3.63, 3.8) is 0 Å². The van der Waals surface area contributed by atoms with Crippen molar-refractivity contribution in [2.24, 2.45) is 0 Å². The maximum atomic E-state index is 12.9. The van der Waals surface area contributed by atoms with Crippen molar-refractivity contribution in [2.45, 2.75) is 51.9 Å². The summed E-state index contributed by atoms with van der Waals surface area (Å²) in [4.78, 5) is 17.5. The van der Waals surface area contributed by atoms with E-state index in [9.17, 15) is 23.1 Å². The van der Waals surface area contributed by atoms with Crippen LogP contribution in [0, 0.1) is 0 Å². The first-order chi connectivity index (χ1) is 15.5. The van der Waals surface area contributed by atoms with E-state index in [2.05, 4.69) is 15.4 Å². The second-order valence-electron chi connectivity index (χ2n) is 8.37.